The van der Waals surface area contributed by atoms with Gasteiger partial charge in [0.1, 0.15) is 5.69 Å². The van der Waals surface area contributed by atoms with Crippen LogP contribution in [0.3, 0.4) is 0 Å². The SMILES string of the molecule is CCc1nn(C)c(NCCOCC2CC2)c1[N+](=O)[O-]. The molecule has 1 aliphatic carbocycles. The Hall–Kier alpha value is -1.63. The van der Waals surface area contributed by atoms with Crippen LogP contribution in [0.2, 0.25) is 0 Å². The lowest BCUT2D eigenvalue weighted by Gasteiger charge is -2.06. The van der Waals surface area contributed by atoms with Crippen molar-refractivity contribution in [1.29, 1.82) is 0 Å². The van der Waals surface area contributed by atoms with Gasteiger partial charge in [0, 0.05) is 20.2 Å². The molecule has 106 valence electrons. The lowest BCUT2D eigenvalue weighted by molar-refractivity contribution is -0.384. The highest BCUT2D eigenvalue weighted by atomic mass is 16.6. The number of nitro groups is 1. The number of aryl methyl sites for hydroxylation is 2. The van der Waals surface area contributed by atoms with Gasteiger partial charge in [0.05, 0.1) is 11.5 Å². The molecule has 0 bridgehead atoms. The quantitative estimate of drug-likeness (QED) is 0.441. The van der Waals surface area contributed by atoms with Crippen molar-refractivity contribution in [3.05, 3.63) is 15.8 Å². The molecule has 0 saturated heterocycles. The van der Waals surface area contributed by atoms with E-state index in [0.717, 1.165) is 12.5 Å². The predicted octanol–water partition coefficient (Wildman–Crippen LogP) is 1.73. The van der Waals surface area contributed by atoms with Crippen molar-refractivity contribution in [2.75, 3.05) is 25.1 Å². The Morgan fingerprint density at radius 1 is 1.58 bits per heavy atom. The van der Waals surface area contributed by atoms with Crippen molar-refractivity contribution < 1.29 is 9.66 Å². The van der Waals surface area contributed by atoms with Crippen LogP contribution in [0.25, 0.3) is 0 Å². The number of hydrogen-bond donors (Lipinski definition) is 1. The Balaban J connectivity index is 1.90. The second-order valence-electron chi connectivity index (χ2n) is 4.82. The van der Waals surface area contributed by atoms with Crippen molar-refractivity contribution in [2.45, 2.75) is 26.2 Å². The Kier molecular flexibility index (Phi) is 4.36. The van der Waals surface area contributed by atoms with Gasteiger partial charge in [-0.1, -0.05) is 6.92 Å². The van der Waals surface area contributed by atoms with Gasteiger partial charge in [0.2, 0.25) is 5.82 Å². The minimum atomic E-state index is -0.376. The normalized spacial score (nSPS) is 14.6. The molecule has 0 radical (unpaired) electrons. The number of ether oxygens (including phenoxy) is 1. The van der Waals surface area contributed by atoms with Gasteiger partial charge in [-0.2, -0.15) is 5.10 Å². The molecule has 1 aliphatic rings. The number of rotatable bonds is 8. The van der Waals surface area contributed by atoms with Gasteiger partial charge in [0.15, 0.2) is 0 Å². The highest BCUT2D eigenvalue weighted by Gasteiger charge is 2.25. The van der Waals surface area contributed by atoms with Crippen LogP contribution in [0.5, 0.6) is 0 Å². The van der Waals surface area contributed by atoms with Gasteiger partial charge < -0.3 is 10.1 Å². The summed E-state index contributed by atoms with van der Waals surface area (Å²) in [6, 6.07) is 0. The Morgan fingerprint density at radius 2 is 2.32 bits per heavy atom. The van der Waals surface area contributed by atoms with E-state index in [1.54, 1.807) is 7.05 Å². The first kappa shape index (κ1) is 13.8. The first-order valence-electron chi connectivity index (χ1n) is 6.65. The predicted molar refractivity (Wildman–Crippen MR) is 71.3 cm³/mol. The monoisotopic (exact) mass is 268 g/mol. The van der Waals surface area contributed by atoms with Gasteiger partial charge in [-0.15, -0.1) is 0 Å². The van der Waals surface area contributed by atoms with Crippen molar-refractivity contribution in [3.63, 3.8) is 0 Å². The largest absolute Gasteiger partial charge is 0.379 e. The molecule has 1 aromatic heterocycles. The van der Waals surface area contributed by atoms with E-state index >= 15 is 0 Å². The fourth-order valence-electron chi connectivity index (χ4n) is 1.97. The van der Waals surface area contributed by atoms with E-state index in [4.69, 9.17) is 4.74 Å². The van der Waals surface area contributed by atoms with Crippen molar-refractivity contribution in [2.24, 2.45) is 13.0 Å². The van der Waals surface area contributed by atoms with E-state index in [2.05, 4.69) is 10.4 Å². The minimum absolute atomic E-state index is 0.0761. The molecule has 0 spiro atoms. The summed E-state index contributed by atoms with van der Waals surface area (Å²) in [5.74, 6) is 1.19. The van der Waals surface area contributed by atoms with Crippen LogP contribution in [-0.2, 0) is 18.2 Å². The van der Waals surface area contributed by atoms with Crippen LogP contribution < -0.4 is 5.32 Å². The maximum atomic E-state index is 11.1. The van der Waals surface area contributed by atoms with Crippen LogP contribution in [-0.4, -0.2) is 34.5 Å². The lowest BCUT2D eigenvalue weighted by Crippen LogP contribution is -2.13. The molecular formula is C12H20N4O3. The molecule has 7 nitrogen and oxygen atoms in total. The molecule has 1 N–H and O–H groups in total. The maximum Gasteiger partial charge on any atom is 0.333 e. The van der Waals surface area contributed by atoms with Crippen LogP contribution in [0, 0.1) is 16.0 Å². The molecule has 1 fully saturated rings. The zero-order valence-corrected chi connectivity index (χ0v) is 11.4. The minimum Gasteiger partial charge on any atom is -0.379 e. The summed E-state index contributed by atoms with van der Waals surface area (Å²) in [6.45, 7) is 3.77. The number of anilines is 1. The van der Waals surface area contributed by atoms with Crippen LogP contribution in [0.4, 0.5) is 11.5 Å². The van der Waals surface area contributed by atoms with Gasteiger partial charge in [-0.3, -0.25) is 10.1 Å². The van der Waals surface area contributed by atoms with E-state index in [1.165, 1.54) is 17.5 Å². The van der Waals surface area contributed by atoms with Crippen molar-refractivity contribution in [1.82, 2.24) is 9.78 Å². The van der Waals surface area contributed by atoms with Crippen LogP contribution >= 0.6 is 0 Å². The fraction of sp³-hybridized carbons (Fsp3) is 0.750. The summed E-state index contributed by atoms with van der Waals surface area (Å²) in [4.78, 5) is 10.7. The van der Waals surface area contributed by atoms with E-state index in [0.29, 0.717) is 31.1 Å². The third kappa shape index (κ3) is 3.44. The fourth-order valence-corrected chi connectivity index (χ4v) is 1.97. The molecule has 1 heterocycles. The number of nitrogens with one attached hydrogen (secondary N) is 1. The second kappa shape index (κ2) is 6.01. The molecule has 2 rings (SSSR count). The van der Waals surface area contributed by atoms with Crippen molar-refractivity contribution >= 4 is 11.5 Å². The maximum absolute atomic E-state index is 11.1. The summed E-state index contributed by atoms with van der Waals surface area (Å²) in [5, 5.41) is 18.3. The molecule has 1 aromatic rings. The molecule has 0 atom stereocenters. The molecule has 0 amide bonds. The van der Waals surface area contributed by atoms with Gasteiger partial charge in [-0.05, 0) is 25.2 Å². The van der Waals surface area contributed by atoms with Crippen molar-refractivity contribution in [3.8, 4) is 0 Å². The summed E-state index contributed by atoms with van der Waals surface area (Å²) < 4.78 is 7.02. The topological polar surface area (TPSA) is 82.2 Å². The zero-order valence-electron chi connectivity index (χ0n) is 11.4. The summed E-state index contributed by atoms with van der Waals surface area (Å²) >= 11 is 0. The highest BCUT2D eigenvalue weighted by Crippen LogP contribution is 2.29. The number of hydrogen-bond acceptors (Lipinski definition) is 5. The molecule has 0 aliphatic heterocycles. The summed E-state index contributed by atoms with van der Waals surface area (Å²) in [5.41, 5.74) is 0.584. The Morgan fingerprint density at radius 3 is 2.89 bits per heavy atom. The molecule has 0 unspecified atom stereocenters. The first-order valence-corrected chi connectivity index (χ1v) is 6.65. The Labute approximate surface area is 112 Å². The van der Waals surface area contributed by atoms with E-state index < -0.39 is 0 Å². The molecule has 1 saturated carbocycles. The number of nitrogens with zero attached hydrogens (tertiary/aromatic N) is 3. The van der Waals surface area contributed by atoms with Crippen LogP contribution in [0.1, 0.15) is 25.5 Å². The lowest BCUT2D eigenvalue weighted by atomic mass is 10.3. The first-order chi connectivity index (χ1) is 9.13. The second-order valence-corrected chi connectivity index (χ2v) is 4.82. The van der Waals surface area contributed by atoms with E-state index in [-0.39, 0.29) is 10.6 Å². The summed E-state index contributed by atoms with van der Waals surface area (Å²) in [7, 11) is 1.71. The van der Waals surface area contributed by atoms with Gasteiger partial charge >= 0.3 is 5.69 Å². The zero-order chi connectivity index (χ0) is 13.8. The summed E-state index contributed by atoms with van der Waals surface area (Å²) in [6.07, 6.45) is 3.07. The standard InChI is InChI=1S/C12H20N4O3/c1-3-10-11(16(17)18)12(15(2)14-10)13-6-7-19-8-9-4-5-9/h9,13H,3-8H2,1-2H3. The molecule has 19 heavy (non-hydrogen) atoms. The molecule has 7 heteroatoms. The van der Waals surface area contributed by atoms with Crippen LogP contribution in [0.15, 0.2) is 0 Å². The highest BCUT2D eigenvalue weighted by molar-refractivity contribution is 5.59. The van der Waals surface area contributed by atoms with E-state index in [9.17, 15) is 10.1 Å². The van der Waals surface area contributed by atoms with Gasteiger partial charge in [-0.25, -0.2) is 4.68 Å². The number of aromatic nitrogens is 2. The third-order valence-electron chi connectivity index (χ3n) is 3.20. The smallest absolute Gasteiger partial charge is 0.333 e. The average molecular weight is 268 g/mol. The molecule has 0 aromatic carbocycles. The van der Waals surface area contributed by atoms with Gasteiger partial charge in [0.25, 0.3) is 0 Å². The molecular weight excluding hydrogens is 248 g/mol. The van der Waals surface area contributed by atoms with E-state index in [1.807, 2.05) is 6.92 Å². The Bertz CT molecular complexity index is 454. The average Bonchev–Trinajstić information content (AvgIpc) is 3.13. The third-order valence-corrected chi connectivity index (χ3v) is 3.20.